The average Bonchev–Trinajstić information content (AvgIpc) is 2.10. The predicted molar refractivity (Wildman–Crippen MR) is 45.2 cm³/mol. The van der Waals surface area contributed by atoms with Crippen molar-refractivity contribution in [3.63, 3.8) is 0 Å². The third-order valence-corrected chi connectivity index (χ3v) is 1.96. The number of hydrogen-bond donors (Lipinski definition) is 1. The van der Waals surface area contributed by atoms with E-state index in [-0.39, 0.29) is 5.91 Å². The molecule has 0 aromatic carbocycles. The molecule has 0 radical (unpaired) electrons. The van der Waals surface area contributed by atoms with Crippen molar-refractivity contribution in [1.29, 1.82) is 0 Å². The Morgan fingerprint density at radius 1 is 1.55 bits per heavy atom. The second-order valence-electron chi connectivity index (χ2n) is 4.64. The smallest absolute Gasteiger partial charge is 0.220 e. The number of rotatable bonds is 1. The second kappa shape index (κ2) is 2.84. The van der Waals surface area contributed by atoms with Gasteiger partial charge in [-0.25, -0.2) is 0 Å². The molecule has 64 valence electrons. The van der Waals surface area contributed by atoms with Crippen molar-refractivity contribution in [3.05, 3.63) is 0 Å². The Kier molecular flexibility index (Phi) is 2.21. The molecule has 2 nitrogen and oxygen atoms in total. The van der Waals surface area contributed by atoms with Crippen LogP contribution in [0.1, 0.15) is 33.6 Å². The first-order chi connectivity index (χ1) is 4.97. The quantitative estimate of drug-likeness (QED) is 0.611. The van der Waals surface area contributed by atoms with Gasteiger partial charge in [0.25, 0.3) is 0 Å². The summed E-state index contributed by atoms with van der Waals surface area (Å²) >= 11 is 0. The van der Waals surface area contributed by atoms with Crippen molar-refractivity contribution in [3.8, 4) is 0 Å². The van der Waals surface area contributed by atoms with Gasteiger partial charge >= 0.3 is 0 Å². The van der Waals surface area contributed by atoms with E-state index >= 15 is 0 Å². The minimum Gasteiger partial charge on any atom is -0.356 e. The van der Waals surface area contributed by atoms with Crippen LogP contribution < -0.4 is 5.32 Å². The summed E-state index contributed by atoms with van der Waals surface area (Å²) in [6.07, 6.45) is 1.88. The van der Waals surface area contributed by atoms with Crippen molar-refractivity contribution in [1.82, 2.24) is 5.32 Å². The summed E-state index contributed by atoms with van der Waals surface area (Å²) in [4.78, 5) is 10.8. The number of nitrogens with one attached hydrogen (secondary N) is 1. The first kappa shape index (κ1) is 8.57. The molecule has 0 unspecified atom stereocenters. The van der Waals surface area contributed by atoms with Crippen molar-refractivity contribution >= 4 is 5.91 Å². The first-order valence-electron chi connectivity index (χ1n) is 4.24. The van der Waals surface area contributed by atoms with Gasteiger partial charge in [0, 0.05) is 13.0 Å². The molecule has 0 aromatic rings. The molecule has 11 heavy (non-hydrogen) atoms. The molecular weight excluding hydrogens is 138 g/mol. The van der Waals surface area contributed by atoms with Crippen molar-refractivity contribution in [2.75, 3.05) is 6.54 Å². The van der Waals surface area contributed by atoms with E-state index in [1.807, 2.05) is 0 Å². The van der Waals surface area contributed by atoms with Crippen LogP contribution in [0.3, 0.4) is 0 Å². The fourth-order valence-corrected chi connectivity index (χ4v) is 1.68. The molecular formula is C9H17NO. The lowest BCUT2D eigenvalue weighted by atomic mass is 9.84. The summed E-state index contributed by atoms with van der Waals surface area (Å²) < 4.78 is 0. The van der Waals surface area contributed by atoms with Gasteiger partial charge in [-0.3, -0.25) is 4.79 Å². The maximum absolute atomic E-state index is 10.8. The minimum absolute atomic E-state index is 0.222. The van der Waals surface area contributed by atoms with E-state index in [1.165, 1.54) is 0 Å². The summed E-state index contributed by atoms with van der Waals surface area (Å²) in [6.45, 7) is 7.54. The zero-order valence-electron chi connectivity index (χ0n) is 7.61. The summed E-state index contributed by atoms with van der Waals surface area (Å²) in [7, 11) is 0. The van der Waals surface area contributed by atoms with E-state index in [1.54, 1.807) is 0 Å². The molecule has 0 saturated carbocycles. The molecule has 0 bridgehead atoms. The fourth-order valence-electron chi connectivity index (χ4n) is 1.68. The highest BCUT2D eigenvalue weighted by atomic mass is 16.1. The number of carbonyl (C=O) groups is 1. The highest BCUT2D eigenvalue weighted by Crippen LogP contribution is 2.27. The van der Waals surface area contributed by atoms with Crippen LogP contribution in [0.5, 0.6) is 0 Å². The summed E-state index contributed by atoms with van der Waals surface area (Å²) in [6, 6.07) is 0. The number of carbonyl (C=O) groups excluding carboxylic acids is 1. The van der Waals surface area contributed by atoms with Gasteiger partial charge < -0.3 is 5.32 Å². The lowest BCUT2D eigenvalue weighted by Crippen LogP contribution is -2.16. The minimum atomic E-state index is 0.222. The van der Waals surface area contributed by atoms with Crippen LogP contribution >= 0.6 is 0 Å². The van der Waals surface area contributed by atoms with E-state index in [0.717, 1.165) is 19.4 Å². The van der Waals surface area contributed by atoms with Gasteiger partial charge in [0.1, 0.15) is 0 Å². The average molecular weight is 155 g/mol. The van der Waals surface area contributed by atoms with Crippen LogP contribution in [0.25, 0.3) is 0 Å². The van der Waals surface area contributed by atoms with Crippen LogP contribution in [0.2, 0.25) is 0 Å². The molecule has 0 aromatic heterocycles. The molecule has 1 fully saturated rings. The Hall–Kier alpha value is -0.530. The van der Waals surface area contributed by atoms with Crippen molar-refractivity contribution in [2.24, 2.45) is 11.3 Å². The summed E-state index contributed by atoms with van der Waals surface area (Å²) in [5, 5.41) is 2.85. The van der Waals surface area contributed by atoms with Crippen LogP contribution in [0, 0.1) is 11.3 Å². The molecule has 1 amide bonds. The van der Waals surface area contributed by atoms with Gasteiger partial charge in [0.2, 0.25) is 5.91 Å². The van der Waals surface area contributed by atoms with Crippen LogP contribution in [0.15, 0.2) is 0 Å². The SMILES string of the molecule is CC(C)(C)C[C@@H]1CNC(=O)C1. The Balaban J connectivity index is 2.34. The van der Waals surface area contributed by atoms with E-state index in [0.29, 0.717) is 11.3 Å². The summed E-state index contributed by atoms with van der Waals surface area (Å²) in [5.41, 5.74) is 0.358. The third-order valence-electron chi connectivity index (χ3n) is 1.96. The molecule has 0 aliphatic carbocycles. The van der Waals surface area contributed by atoms with Gasteiger partial charge in [-0.1, -0.05) is 20.8 Å². The lowest BCUT2D eigenvalue weighted by molar-refractivity contribution is -0.119. The lowest BCUT2D eigenvalue weighted by Gasteiger charge is -2.21. The Morgan fingerprint density at radius 2 is 2.18 bits per heavy atom. The van der Waals surface area contributed by atoms with Crippen molar-refractivity contribution < 1.29 is 4.79 Å². The van der Waals surface area contributed by atoms with E-state index in [2.05, 4.69) is 26.1 Å². The first-order valence-corrected chi connectivity index (χ1v) is 4.24. The zero-order valence-corrected chi connectivity index (χ0v) is 7.61. The molecule has 1 heterocycles. The van der Waals surface area contributed by atoms with Gasteiger partial charge in [-0.05, 0) is 17.8 Å². The van der Waals surface area contributed by atoms with E-state index in [4.69, 9.17) is 0 Å². The Morgan fingerprint density at radius 3 is 2.55 bits per heavy atom. The molecule has 1 N–H and O–H groups in total. The molecule has 0 spiro atoms. The maximum Gasteiger partial charge on any atom is 0.220 e. The Labute approximate surface area is 68.4 Å². The highest BCUT2D eigenvalue weighted by Gasteiger charge is 2.25. The molecule has 1 atom stereocenters. The maximum atomic E-state index is 10.8. The zero-order chi connectivity index (χ0) is 8.48. The van der Waals surface area contributed by atoms with E-state index in [9.17, 15) is 4.79 Å². The van der Waals surface area contributed by atoms with Crippen LogP contribution in [0.4, 0.5) is 0 Å². The fraction of sp³-hybridized carbons (Fsp3) is 0.889. The standard InChI is InChI=1S/C9H17NO/c1-9(2,3)5-7-4-8(11)10-6-7/h7H,4-6H2,1-3H3,(H,10,11)/t7-/m1/s1. The van der Waals surface area contributed by atoms with Crippen LogP contribution in [-0.2, 0) is 4.79 Å². The second-order valence-corrected chi connectivity index (χ2v) is 4.64. The highest BCUT2D eigenvalue weighted by molar-refractivity contribution is 5.78. The third kappa shape index (κ3) is 2.91. The van der Waals surface area contributed by atoms with E-state index < -0.39 is 0 Å². The number of hydrogen-bond acceptors (Lipinski definition) is 1. The van der Waals surface area contributed by atoms with Gasteiger partial charge in [0.15, 0.2) is 0 Å². The van der Waals surface area contributed by atoms with Gasteiger partial charge in [0.05, 0.1) is 0 Å². The topological polar surface area (TPSA) is 29.1 Å². The molecule has 1 saturated heterocycles. The molecule has 1 aliphatic heterocycles. The van der Waals surface area contributed by atoms with Crippen LogP contribution in [-0.4, -0.2) is 12.5 Å². The molecule has 1 aliphatic rings. The number of amides is 1. The Bertz CT molecular complexity index is 157. The van der Waals surface area contributed by atoms with Crippen molar-refractivity contribution in [2.45, 2.75) is 33.6 Å². The normalized spacial score (nSPS) is 25.4. The largest absolute Gasteiger partial charge is 0.356 e. The summed E-state index contributed by atoms with van der Waals surface area (Å²) in [5.74, 6) is 0.793. The van der Waals surface area contributed by atoms with Gasteiger partial charge in [-0.2, -0.15) is 0 Å². The predicted octanol–water partition coefficient (Wildman–Crippen LogP) is 1.56. The molecule has 2 heteroatoms. The van der Waals surface area contributed by atoms with Gasteiger partial charge in [-0.15, -0.1) is 0 Å². The monoisotopic (exact) mass is 155 g/mol. The molecule has 1 rings (SSSR count).